The number of rotatable bonds is 8. The van der Waals surface area contributed by atoms with E-state index in [9.17, 15) is 18.4 Å². The van der Waals surface area contributed by atoms with E-state index < -0.39 is 20.7 Å². The van der Waals surface area contributed by atoms with Crippen molar-refractivity contribution < 1.29 is 31.8 Å². The van der Waals surface area contributed by atoms with Crippen LogP contribution in [-0.4, -0.2) is 26.8 Å². The first-order chi connectivity index (χ1) is 17.9. The van der Waals surface area contributed by atoms with Crippen molar-refractivity contribution in [2.75, 3.05) is 13.2 Å². The lowest BCUT2D eigenvalue weighted by molar-refractivity contribution is -0.832. The lowest BCUT2D eigenvalue weighted by atomic mass is 9.82. The molecular formula is C26H26N2O8S. The van der Waals surface area contributed by atoms with Crippen molar-refractivity contribution in [2.45, 2.75) is 54.9 Å². The maximum Gasteiger partial charge on any atom is 0.415 e. The first kappa shape index (κ1) is 24.8. The minimum absolute atomic E-state index is 0.00538. The average Bonchev–Trinajstić information content (AvgIpc) is 3.28. The van der Waals surface area contributed by atoms with Gasteiger partial charge in [-0.1, -0.05) is 37.5 Å². The summed E-state index contributed by atoms with van der Waals surface area (Å²) in [5.41, 5.74) is 1.85. The summed E-state index contributed by atoms with van der Waals surface area (Å²) >= 11 is 0. The third kappa shape index (κ3) is 4.91. The number of fused-ring (bicyclic) bond motifs is 1. The molecule has 0 radical (unpaired) electrons. The Morgan fingerprint density at radius 1 is 1.05 bits per heavy atom. The first-order valence-corrected chi connectivity index (χ1v) is 13.6. The highest BCUT2D eigenvalue weighted by molar-refractivity contribution is 7.91. The lowest BCUT2D eigenvalue weighted by Crippen LogP contribution is -2.31. The maximum absolute atomic E-state index is 12.8. The van der Waals surface area contributed by atoms with Crippen molar-refractivity contribution in [1.82, 2.24) is 5.16 Å². The molecule has 4 aromatic rings. The van der Waals surface area contributed by atoms with Crippen LogP contribution in [-0.2, 0) is 9.84 Å². The monoisotopic (exact) mass is 526 g/mol. The van der Waals surface area contributed by atoms with Crippen LogP contribution < -0.4 is 20.0 Å². The van der Waals surface area contributed by atoms with Crippen LogP contribution in [0.2, 0.25) is 0 Å². The third-order valence-electron chi connectivity index (χ3n) is 6.64. The number of aryl methyl sites for hydroxylation is 1. The second-order valence-corrected chi connectivity index (χ2v) is 10.8. The molecule has 2 heterocycles. The number of nitrogens with zero attached hydrogens (tertiary/aromatic N) is 2. The molecule has 0 atom stereocenters. The van der Waals surface area contributed by atoms with E-state index in [1.807, 2.05) is 13.0 Å². The SMILES string of the molecule is Cc1c(C2CCCCC2)c(=O)oc2cc(OCCOc3no[n+]([O-])c3S(=O)(=O)c3ccccc3)ccc12. The molecule has 0 aliphatic heterocycles. The molecule has 0 saturated heterocycles. The maximum atomic E-state index is 12.8. The molecule has 0 unspecified atom stereocenters. The van der Waals surface area contributed by atoms with Crippen LogP contribution >= 0.6 is 0 Å². The van der Waals surface area contributed by atoms with E-state index in [0.29, 0.717) is 11.3 Å². The standard InChI is InChI=1S/C26H26N2O8S/c1-17-21-13-12-19(16-22(21)35-26(29)23(17)18-8-4-2-5-9-18)33-14-15-34-24-25(28(30)36-27-24)37(31,32)20-10-6-3-7-11-20/h3,6-7,10-13,16,18H,2,4-5,8-9,14-15H2,1H3. The van der Waals surface area contributed by atoms with Crippen LogP contribution in [0.25, 0.3) is 11.0 Å². The average molecular weight is 527 g/mol. The summed E-state index contributed by atoms with van der Waals surface area (Å²) in [7, 11) is -4.20. The van der Waals surface area contributed by atoms with Gasteiger partial charge in [0, 0.05) is 17.0 Å². The fourth-order valence-corrected chi connectivity index (χ4v) is 6.14. The molecule has 1 saturated carbocycles. The molecule has 11 heteroatoms. The highest BCUT2D eigenvalue weighted by atomic mass is 32.2. The minimum Gasteiger partial charge on any atom is -0.490 e. The Labute approximate surface area is 212 Å². The van der Waals surface area contributed by atoms with E-state index in [1.165, 1.54) is 30.7 Å². The third-order valence-corrected chi connectivity index (χ3v) is 8.37. The van der Waals surface area contributed by atoms with Crippen LogP contribution in [0.3, 0.4) is 0 Å². The Morgan fingerprint density at radius 3 is 2.54 bits per heavy atom. The van der Waals surface area contributed by atoms with Gasteiger partial charge in [-0.15, -0.1) is 0 Å². The zero-order valence-corrected chi connectivity index (χ0v) is 21.0. The van der Waals surface area contributed by atoms with Gasteiger partial charge in [0.1, 0.15) is 24.5 Å². The number of sulfone groups is 1. The second-order valence-electron chi connectivity index (χ2n) is 8.97. The van der Waals surface area contributed by atoms with E-state index in [-0.39, 0.29) is 34.6 Å². The summed E-state index contributed by atoms with van der Waals surface area (Å²) in [6.45, 7) is 1.84. The fourth-order valence-electron chi connectivity index (χ4n) is 4.84. The molecule has 1 aliphatic rings. The Morgan fingerprint density at radius 2 is 1.78 bits per heavy atom. The number of benzene rings is 2. The Balaban J connectivity index is 1.27. The van der Waals surface area contributed by atoms with Gasteiger partial charge in [-0.2, -0.15) is 0 Å². The quantitative estimate of drug-likeness (QED) is 0.189. The number of ether oxygens (including phenoxy) is 2. The number of aromatic nitrogens is 2. The van der Waals surface area contributed by atoms with Gasteiger partial charge < -0.3 is 19.1 Å². The first-order valence-electron chi connectivity index (χ1n) is 12.1. The molecule has 2 aromatic carbocycles. The zero-order chi connectivity index (χ0) is 26.0. The van der Waals surface area contributed by atoms with Crippen LogP contribution in [0.15, 0.2) is 72.3 Å². The highest BCUT2D eigenvalue weighted by Gasteiger charge is 2.35. The van der Waals surface area contributed by atoms with Gasteiger partial charge in [-0.3, -0.25) is 4.63 Å². The molecule has 10 nitrogen and oxygen atoms in total. The van der Waals surface area contributed by atoms with E-state index in [2.05, 4.69) is 9.79 Å². The smallest absolute Gasteiger partial charge is 0.415 e. The van der Waals surface area contributed by atoms with E-state index in [1.54, 1.807) is 18.2 Å². The Kier molecular flexibility index (Phi) is 6.88. The number of hydrogen-bond acceptors (Lipinski definition) is 9. The summed E-state index contributed by atoms with van der Waals surface area (Å²) < 4.78 is 46.9. The van der Waals surface area contributed by atoms with Gasteiger partial charge in [0.25, 0.3) is 9.84 Å². The second kappa shape index (κ2) is 10.3. The predicted molar refractivity (Wildman–Crippen MR) is 131 cm³/mol. The highest BCUT2D eigenvalue weighted by Crippen LogP contribution is 2.35. The van der Waals surface area contributed by atoms with Crippen molar-refractivity contribution in [3.63, 3.8) is 0 Å². The summed E-state index contributed by atoms with van der Waals surface area (Å²) in [6, 6.07) is 12.7. The molecule has 0 spiro atoms. The van der Waals surface area contributed by atoms with E-state index in [0.717, 1.165) is 42.2 Å². The topological polar surface area (TPSA) is 136 Å². The summed E-state index contributed by atoms with van der Waals surface area (Å²) in [6.07, 6.45) is 5.46. The molecule has 37 heavy (non-hydrogen) atoms. The lowest BCUT2D eigenvalue weighted by Gasteiger charge is -2.22. The van der Waals surface area contributed by atoms with Gasteiger partial charge in [0.2, 0.25) is 0 Å². The molecule has 0 bridgehead atoms. The fraction of sp³-hybridized carbons (Fsp3) is 0.346. The van der Waals surface area contributed by atoms with Crippen molar-refractivity contribution in [3.05, 3.63) is 75.3 Å². The summed E-state index contributed by atoms with van der Waals surface area (Å²) in [4.78, 5) is 12.5. The van der Waals surface area contributed by atoms with Crippen molar-refractivity contribution in [2.24, 2.45) is 0 Å². The zero-order valence-electron chi connectivity index (χ0n) is 20.2. The molecule has 194 valence electrons. The summed E-state index contributed by atoms with van der Waals surface area (Å²) in [5, 5.41) is 15.5. The van der Waals surface area contributed by atoms with Gasteiger partial charge in [-0.25, -0.2) is 13.2 Å². The van der Waals surface area contributed by atoms with Crippen molar-refractivity contribution >= 4 is 20.8 Å². The minimum atomic E-state index is -4.20. The van der Waals surface area contributed by atoms with Gasteiger partial charge in [-0.05, 0) is 60.4 Å². The number of hydrogen-bond donors (Lipinski definition) is 0. The Bertz CT molecular complexity index is 1570. The molecule has 1 fully saturated rings. The molecule has 2 aromatic heterocycles. The van der Waals surface area contributed by atoms with Crippen molar-refractivity contribution in [1.29, 1.82) is 0 Å². The van der Waals surface area contributed by atoms with Gasteiger partial charge >= 0.3 is 16.5 Å². The largest absolute Gasteiger partial charge is 0.490 e. The molecule has 0 amide bonds. The Hall–Kier alpha value is -3.86. The van der Waals surface area contributed by atoms with E-state index in [4.69, 9.17) is 13.9 Å². The normalized spacial score (nSPS) is 14.6. The van der Waals surface area contributed by atoms with Crippen LogP contribution in [0, 0.1) is 12.1 Å². The van der Waals surface area contributed by atoms with Crippen LogP contribution in [0.5, 0.6) is 11.6 Å². The molecule has 0 N–H and O–H groups in total. The van der Waals surface area contributed by atoms with Crippen molar-refractivity contribution in [3.8, 4) is 11.6 Å². The molecular weight excluding hydrogens is 500 g/mol. The molecule has 1 aliphatic carbocycles. The van der Waals surface area contributed by atoms with Gasteiger partial charge in [0.05, 0.1) is 10.1 Å². The summed E-state index contributed by atoms with van der Waals surface area (Å²) in [5.74, 6) is 0.223. The predicted octanol–water partition coefficient (Wildman–Crippen LogP) is 4.06. The van der Waals surface area contributed by atoms with Crippen LogP contribution in [0.1, 0.15) is 49.1 Å². The van der Waals surface area contributed by atoms with Gasteiger partial charge in [0.15, 0.2) is 0 Å². The van der Waals surface area contributed by atoms with E-state index >= 15 is 0 Å². The molecule has 5 rings (SSSR count). The van der Waals surface area contributed by atoms with Crippen LogP contribution in [0.4, 0.5) is 0 Å².